The summed E-state index contributed by atoms with van der Waals surface area (Å²) in [7, 11) is 0. The Bertz CT molecular complexity index is 385. The maximum atomic E-state index is 11.4. The molecular formula is C13H20IN3OS. The van der Waals surface area contributed by atoms with Gasteiger partial charge in [-0.25, -0.2) is 9.44 Å². The maximum Gasteiger partial charge on any atom is 0.0982 e. The topological polar surface area (TPSA) is 53.5 Å². The third-order valence-electron chi connectivity index (χ3n) is 5.95. The first kappa shape index (κ1) is 13.3. The molecule has 3 saturated carbocycles. The van der Waals surface area contributed by atoms with Crippen LogP contribution in [-0.4, -0.2) is 22.1 Å². The minimum absolute atomic E-state index is 0.0981. The molecule has 8 unspecified atom stereocenters. The standard InChI is InChI=1S/C13H20IN3OS/c14-6-1-2-7-8-4-11-12(17-19-16-11)5-10(8)13(15-18)9(7)3-6/h6-13,16-17H,1-5H2. The van der Waals surface area contributed by atoms with Crippen molar-refractivity contribution in [1.29, 1.82) is 0 Å². The van der Waals surface area contributed by atoms with Crippen molar-refractivity contribution in [3.05, 3.63) is 4.91 Å². The zero-order valence-corrected chi connectivity index (χ0v) is 13.8. The lowest BCUT2D eigenvalue weighted by Crippen LogP contribution is -2.45. The van der Waals surface area contributed by atoms with E-state index in [-0.39, 0.29) is 6.04 Å². The van der Waals surface area contributed by atoms with Crippen molar-refractivity contribution in [2.75, 3.05) is 0 Å². The van der Waals surface area contributed by atoms with Gasteiger partial charge in [-0.15, -0.1) is 0 Å². The first-order valence-electron chi connectivity index (χ1n) is 7.41. The van der Waals surface area contributed by atoms with Gasteiger partial charge in [-0.3, -0.25) is 0 Å². The lowest BCUT2D eigenvalue weighted by atomic mass is 9.71. The molecule has 1 saturated heterocycles. The largest absolute Gasteiger partial charge is 0.246 e. The summed E-state index contributed by atoms with van der Waals surface area (Å²) in [6.07, 6.45) is 6.27. The fourth-order valence-electron chi connectivity index (χ4n) is 5.17. The second kappa shape index (κ2) is 5.10. The molecule has 106 valence electrons. The minimum Gasteiger partial charge on any atom is -0.246 e. The number of hydrogen-bond donors (Lipinski definition) is 2. The summed E-state index contributed by atoms with van der Waals surface area (Å²) < 4.78 is 7.73. The second-order valence-electron chi connectivity index (χ2n) is 6.68. The van der Waals surface area contributed by atoms with E-state index in [0.717, 1.165) is 22.2 Å². The van der Waals surface area contributed by atoms with Gasteiger partial charge in [0.1, 0.15) is 0 Å². The molecule has 0 radical (unpaired) electrons. The molecule has 1 heterocycles. The van der Waals surface area contributed by atoms with Crippen LogP contribution in [0.25, 0.3) is 0 Å². The predicted octanol–water partition coefficient (Wildman–Crippen LogP) is 2.87. The van der Waals surface area contributed by atoms with Gasteiger partial charge in [0.05, 0.1) is 6.04 Å². The highest BCUT2D eigenvalue weighted by molar-refractivity contribution is 14.1. The van der Waals surface area contributed by atoms with Crippen LogP contribution in [0.2, 0.25) is 0 Å². The van der Waals surface area contributed by atoms with Gasteiger partial charge in [-0.1, -0.05) is 27.8 Å². The molecule has 4 nitrogen and oxygen atoms in total. The Labute approximate surface area is 132 Å². The van der Waals surface area contributed by atoms with Crippen molar-refractivity contribution >= 4 is 34.7 Å². The normalized spacial score (nSPS) is 56.3. The fourth-order valence-corrected chi connectivity index (χ4v) is 7.01. The number of hydrogen-bond acceptors (Lipinski definition) is 5. The first-order valence-corrected chi connectivity index (χ1v) is 9.47. The van der Waals surface area contributed by atoms with Gasteiger partial charge in [0, 0.05) is 28.1 Å². The molecular weight excluding hydrogens is 373 g/mol. The molecule has 0 spiro atoms. The smallest absolute Gasteiger partial charge is 0.0982 e. The average Bonchev–Trinajstić information content (AvgIpc) is 2.96. The van der Waals surface area contributed by atoms with E-state index in [1.807, 2.05) is 0 Å². The molecule has 8 atom stereocenters. The van der Waals surface area contributed by atoms with Crippen LogP contribution >= 0.6 is 34.7 Å². The molecule has 0 aromatic heterocycles. The monoisotopic (exact) mass is 393 g/mol. The molecule has 2 N–H and O–H groups in total. The number of halogens is 1. The van der Waals surface area contributed by atoms with E-state index in [1.165, 1.54) is 25.7 Å². The summed E-state index contributed by atoms with van der Waals surface area (Å²) >= 11 is 4.22. The van der Waals surface area contributed by atoms with Crippen LogP contribution in [0, 0.1) is 28.6 Å². The van der Waals surface area contributed by atoms with Crippen molar-refractivity contribution in [3.8, 4) is 0 Å². The van der Waals surface area contributed by atoms with Crippen molar-refractivity contribution in [2.45, 2.75) is 54.2 Å². The highest BCUT2D eigenvalue weighted by Crippen LogP contribution is 2.56. The zero-order chi connectivity index (χ0) is 13.0. The molecule has 1 aliphatic heterocycles. The van der Waals surface area contributed by atoms with Gasteiger partial charge < -0.3 is 0 Å². The van der Waals surface area contributed by atoms with Crippen LogP contribution in [0.3, 0.4) is 0 Å². The summed E-state index contributed by atoms with van der Waals surface area (Å²) in [6, 6.07) is 1.25. The molecule has 4 fully saturated rings. The second-order valence-corrected chi connectivity index (χ2v) is 9.12. The van der Waals surface area contributed by atoms with Crippen LogP contribution < -0.4 is 9.44 Å². The van der Waals surface area contributed by atoms with Crippen LogP contribution in [0.15, 0.2) is 5.18 Å². The first-order chi connectivity index (χ1) is 9.28. The molecule has 19 heavy (non-hydrogen) atoms. The van der Waals surface area contributed by atoms with Gasteiger partial charge in [0.2, 0.25) is 0 Å². The van der Waals surface area contributed by atoms with Gasteiger partial charge in [-0.2, -0.15) is 4.91 Å². The molecule has 0 aromatic carbocycles. The average molecular weight is 393 g/mol. The number of nitrogens with one attached hydrogen (secondary N) is 2. The Morgan fingerprint density at radius 2 is 1.63 bits per heavy atom. The molecule has 0 bridgehead atoms. The van der Waals surface area contributed by atoms with E-state index >= 15 is 0 Å². The third kappa shape index (κ3) is 2.08. The predicted molar refractivity (Wildman–Crippen MR) is 85.9 cm³/mol. The van der Waals surface area contributed by atoms with E-state index in [9.17, 15) is 4.91 Å². The minimum atomic E-state index is 0.0981. The summed E-state index contributed by atoms with van der Waals surface area (Å²) in [5, 5.41) is 3.60. The number of alkyl halides is 1. The van der Waals surface area contributed by atoms with Gasteiger partial charge >= 0.3 is 0 Å². The Hall–Kier alpha value is 0.600. The molecule has 3 aliphatic carbocycles. The highest BCUT2D eigenvalue weighted by Gasteiger charge is 2.56. The van der Waals surface area contributed by atoms with E-state index in [2.05, 4.69) is 37.2 Å². The Kier molecular flexibility index (Phi) is 3.57. The molecule has 6 heteroatoms. The SMILES string of the molecule is O=NC1C2CC(I)CCC2C2CC3NSNC3CC21. The number of nitrogens with zero attached hydrogens (tertiary/aromatic N) is 1. The number of nitroso groups, excluding NO2 is 1. The highest BCUT2D eigenvalue weighted by atomic mass is 127. The van der Waals surface area contributed by atoms with E-state index in [1.54, 1.807) is 12.1 Å². The van der Waals surface area contributed by atoms with E-state index in [4.69, 9.17) is 0 Å². The zero-order valence-electron chi connectivity index (χ0n) is 10.8. The Morgan fingerprint density at radius 1 is 0.947 bits per heavy atom. The van der Waals surface area contributed by atoms with Gasteiger partial charge in [-0.05, 0) is 55.8 Å². The quantitative estimate of drug-likeness (QED) is 0.311. The van der Waals surface area contributed by atoms with Crippen molar-refractivity contribution in [3.63, 3.8) is 0 Å². The lowest BCUT2D eigenvalue weighted by molar-refractivity contribution is 0.159. The molecule has 0 aromatic rings. The van der Waals surface area contributed by atoms with Crippen LogP contribution in [0.4, 0.5) is 0 Å². The number of rotatable bonds is 1. The number of fused-ring (bicyclic) bond motifs is 4. The van der Waals surface area contributed by atoms with E-state index in [0.29, 0.717) is 23.9 Å². The third-order valence-corrected chi connectivity index (χ3v) is 7.92. The lowest BCUT2D eigenvalue weighted by Gasteiger charge is -2.37. The molecule has 4 rings (SSSR count). The molecule has 0 amide bonds. The van der Waals surface area contributed by atoms with Crippen LogP contribution in [-0.2, 0) is 0 Å². The maximum absolute atomic E-state index is 11.4. The molecule has 4 aliphatic rings. The fraction of sp³-hybridized carbons (Fsp3) is 1.00. The van der Waals surface area contributed by atoms with Crippen molar-refractivity contribution in [2.24, 2.45) is 28.8 Å². The summed E-state index contributed by atoms with van der Waals surface area (Å²) in [6.45, 7) is 0. The van der Waals surface area contributed by atoms with Crippen molar-refractivity contribution in [1.82, 2.24) is 9.44 Å². The van der Waals surface area contributed by atoms with Crippen LogP contribution in [0.1, 0.15) is 32.1 Å². The van der Waals surface area contributed by atoms with E-state index < -0.39 is 0 Å². The summed E-state index contributed by atoms with van der Waals surface area (Å²) in [4.78, 5) is 11.4. The van der Waals surface area contributed by atoms with Crippen molar-refractivity contribution < 1.29 is 0 Å². The van der Waals surface area contributed by atoms with Crippen LogP contribution in [0.5, 0.6) is 0 Å². The van der Waals surface area contributed by atoms with Gasteiger partial charge in [0.25, 0.3) is 0 Å². The Morgan fingerprint density at radius 3 is 2.37 bits per heavy atom. The summed E-state index contributed by atoms with van der Waals surface area (Å²) in [5.74, 6) is 2.64. The van der Waals surface area contributed by atoms with Gasteiger partial charge in [0.15, 0.2) is 0 Å². The summed E-state index contributed by atoms with van der Waals surface area (Å²) in [5.41, 5.74) is 0. The Balaban J connectivity index is 1.61.